The van der Waals surface area contributed by atoms with Gasteiger partial charge in [-0.1, -0.05) is 74.7 Å². The summed E-state index contributed by atoms with van der Waals surface area (Å²) in [6.07, 6.45) is 8.46. The van der Waals surface area contributed by atoms with Gasteiger partial charge in [0.2, 0.25) is 5.91 Å². The Balaban J connectivity index is 1.48. The van der Waals surface area contributed by atoms with Crippen LogP contribution < -0.4 is 0 Å². The van der Waals surface area contributed by atoms with Crippen molar-refractivity contribution in [3.63, 3.8) is 0 Å². The number of fused-ring (bicyclic) bond motifs is 1. The first-order valence-corrected chi connectivity index (χ1v) is 13.9. The molecule has 1 aliphatic rings. The molecule has 1 aromatic heterocycles. The van der Waals surface area contributed by atoms with E-state index in [4.69, 9.17) is 0 Å². The molecule has 0 saturated heterocycles. The smallest absolute Gasteiger partial charge is 0.254 e. The lowest BCUT2D eigenvalue weighted by atomic mass is 9.93. The topological polar surface area (TPSA) is 40.6 Å². The number of benzene rings is 2. The van der Waals surface area contributed by atoms with Crippen LogP contribution in [-0.4, -0.2) is 41.2 Å². The minimum atomic E-state index is -0.134. The molecule has 5 heteroatoms. The Bertz CT molecular complexity index is 1150. The van der Waals surface area contributed by atoms with Gasteiger partial charge in [-0.25, -0.2) is 0 Å². The number of amides is 2. The molecule has 1 atom stereocenters. The molecule has 3 aromatic rings. The Morgan fingerprint density at radius 3 is 2.56 bits per heavy atom. The third-order valence-electron chi connectivity index (χ3n) is 6.88. The summed E-state index contributed by atoms with van der Waals surface area (Å²) in [6, 6.07) is 20.1. The van der Waals surface area contributed by atoms with Crippen LogP contribution in [0.15, 0.2) is 78.7 Å². The van der Waals surface area contributed by atoms with Gasteiger partial charge >= 0.3 is 0 Å². The molecule has 0 fully saturated rings. The second kappa shape index (κ2) is 12.7. The molecule has 36 heavy (non-hydrogen) atoms. The molecule has 0 N–H and O–H groups in total. The van der Waals surface area contributed by atoms with Crippen LogP contribution in [0.5, 0.6) is 0 Å². The van der Waals surface area contributed by atoms with Crippen LogP contribution in [0.3, 0.4) is 0 Å². The normalized spacial score (nSPS) is 14.8. The van der Waals surface area contributed by atoms with E-state index >= 15 is 0 Å². The highest BCUT2D eigenvalue weighted by molar-refractivity contribution is 7.10. The van der Waals surface area contributed by atoms with Crippen LogP contribution in [0.4, 0.5) is 0 Å². The van der Waals surface area contributed by atoms with Gasteiger partial charge in [-0.05, 0) is 59.5 Å². The van der Waals surface area contributed by atoms with Gasteiger partial charge in [-0.3, -0.25) is 9.59 Å². The van der Waals surface area contributed by atoms with Crippen molar-refractivity contribution in [2.75, 3.05) is 19.6 Å². The lowest BCUT2D eigenvalue weighted by Crippen LogP contribution is -2.46. The van der Waals surface area contributed by atoms with Gasteiger partial charge in [0.15, 0.2) is 0 Å². The van der Waals surface area contributed by atoms with Crippen molar-refractivity contribution in [1.29, 1.82) is 0 Å². The maximum atomic E-state index is 13.7. The summed E-state index contributed by atoms with van der Waals surface area (Å²) in [5.41, 5.74) is 4.16. The Hall–Kier alpha value is -3.18. The third-order valence-corrected chi connectivity index (χ3v) is 7.88. The second-order valence-electron chi connectivity index (χ2n) is 9.43. The largest absolute Gasteiger partial charge is 0.330 e. The molecule has 0 saturated carbocycles. The Morgan fingerprint density at radius 1 is 1.06 bits per heavy atom. The maximum absolute atomic E-state index is 13.7. The van der Waals surface area contributed by atoms with Gasteiger partial charge in [0.25, 0.3) is 5.91 Å². The molecule has 2 amide bonds. The minimum Gasteiger partial charge on any atom is -0.330 e. The molecule has 0 unspecified atom stereocenters. The number of hydrogen-bond donors (Lipinski definition) is 0. The van der Waals surface area contributed by atoms with Crippen molar-refractivity contribution in [3.8, 4) is 0 Å². The molecular formula is C31H36N2O2S. The zero-order chi connectivity index (χ0) is 25.3. The highest BCUT2D eigenvalue weighted by Crippen LogP contribution is 2.37. The first-order chi connectivity index (χ1) is 17.6. The standard InChI is InChI=1S/C31H36N2O2S/c1-3-5-6-8-11-24-14-16-26(17-15-24)31(35)32(20-4-2)23-29(34)33-21-18-28-27(19-22-36-28)30(33)25-12-9-7-10-13-25/h4,7,9-10,12-17,19,22,30H,2-3,5-6,8,11,18,20-21,23H2,1H3/t30-/m1/s1. The average Bonchev–Trinajstić information content (AvgIpc) is 3.40. The summed E-state index contributed by atoms with van der Waals surface area (Å²) in [6.45, 7) is 7.05. The molecule has 1 aliphatic heterocycles. The zero-order valence-corrected chi connectivity index (χ0v) is 22.0. The van der Waals surface area contributed by atoms with Crippen molar-refractivity contribution in [2.24, 2.45) is 0 Å². The van der Waals surface area contributed by atoms with E-state index in [2.05, 4.69) is 37.1 Å². The Morgan fingerprint density at radius 2 is 1.83 bits per heavy atom. The number of carbonyl (C=O) groups is 2. The van der Waals surface area contributed by atoms with Gasteiger partial charge < -0.3 is 9.80 Å². The quantitative estimate of drug-likeness (QED) is 0.218. The molecular weight excluding hydrogens is 464 g/mol. The summed E-state index contributed by atoms with van der Waals surface area (Å²) in [7, 11) is 0. The SMILES string of the molecule is C=CCN(CC(=O)N1CCc2sccc2[C@H]1c1ccccc1)C(=O)c1ccc(CCCCCC)cc1. The van der Waals surface area contributed by atoms with Crippen LogP contribution in [0, 0.1) is 0 Å². The molecule has 2 aromatic carbocycles. The van der Waals surface area contributed by atoms with E-state index in [9.17, 15) is 9.59 Å². The monoisotopic (exact) mass is 500 g/mol. The van der Waals surface area contributed by atoms with Gasteiger partial charge in [0.1, 0.15) is 6.54 Å². The summed E-state index contributed by atoms with van der Waals surface area (Å²) >= 11 is 1.75. The highest BCUT2D eigenvalue weighted by Gasteiger charge is 2.33. The summed E-state index contributed by atoms with van der Waals surface area (Å²) in [4.78, 5) is 31.9. The molecule has 4 nitrogen and oxygen atoms in total. The van der Waals surface area contributed by atoms with E-state index in [1.54, 1.807) is 22.3 Å². The lowest BCUT2D eigenvalue weighted by Gasteiger charge is -2.37. The van der Waals surface area contributed by atoms with Crippen molar-refractivity contribution in [2.45, 2.75) is 51.5 Å². The first-order valence-electron chi connectivity index (χ1n) is 13.0. The van der Waals surface area contributed by atoms with E-state index in [1.165, 1.54) is 41.7 Å². The number of carbonyl (C=O) groups excluding carboxylic acids is 2. The molecule has 0 aliphatic carbocycles. The van der Waals surface area contributed by atoms with Gasteiger partial charge in [-0.2, -0.15) is 0 Å². The number of hydrogen-bond acceptors (Lipinski definition) is 3. The van der Waals surface area contributed by atoms with Gasteiger partial charge in [0.05, 0.1) is 6.04 Å². The first kappa shape index (κ1) is 25.9. The van der Waals surface area contributed by atoms with Crippen molar-refractivity contribution in [1.82, 2.24) is 9.80 Å². The molecule has 4 rings (SSSR count). The van der Waals surface area contributed by atoms with Crippen molar-refractivity contribution >= 4 is 23.2 Å². The summed E-state index contributed by atoms with van der Waals surface area (Å²) in [5.74, 6) is -0.172. The maximum Gasteiger partial charge on any atom is 0.254 e. The van der Waals surface area contributed by atoms with Crippen molar-refractivity contribution < 1.29 is 9.59 Å². The van der Waals surface area contributed by atoms with E-state index in [-0.39, 0.29) is 24.4 Å². The van der Waals surface area contributed by atoms with Gasteiger partial charge in [-0.15, -0.1) is 17.9 Å². The number of unbranched alkanes of at least 4 members (excludes halogenated alkanes) is 3. The average molecular weight is 501 g/mol. The van der Waals surface area contributed by atoms with E-state index < -0.39 is 0 Å². The minimum absolute atomic E-state index is 0.0342. The van der Waals surface area contributed by atoms with Crippen LogP contribution in [-0.2, 0) is 17.6 Å². The Kier molecular flexibility index (Phi) is 9.12. The number of aryl methyl sites for hydroxylation is 1. The van der Waals surface area contributed by atoms with Crippen molar-refractivity contribution in [3.05, 3.63) is 106 Å². The molecule has 0 bridgehead atoms. The predicted molar refractivity (Wildman–Crippen MR) is 148 cm³/mol. The summed E-state index contributed by atoms with van der Waals surface area (Å²) in [5, 5.41) is 2.11. The number of rotatable bonds is 11. The lowest BCUT2D eigenvalue weighted by molar-refractivity contribution is -0.133. The fourth-order valence-electron chi connectivity index (χ4n) is 4.96. The Labute approximate surface area is 219 Å². The van der Waals surface area contributed by atoms with Crippen LogP contribution in [0.1, 0.15) is 70.6 Å². The predicted octanol–water partition coefficient (Wildman–Crippen LogP) is 6.67. The highest BCUT2D eigenvalue weighted by atomic mass is 32.1. The zero-order valence-electron chi connectivity index (χ0n) is 21.2. The third kappa shape index (κ3) is 6.14. The van der Waals surface area contributed by atoms with E-state index in [0.717, 1.165) is 18.4 Å². The molecule has 0 radical (unpaired) electrons. The summed E-state index contributed by atoms with van der Waals surface area (Å²) < 4.78 is 0. The number of thiophene rings is 1. The fraction of sp³-hybridized carbons (Fsp3) is 0.355. The van der Waals surface area contributed by atoms with Crippen LogP contribution in [0.2, 0.25) is 0 Å². The second-order valence-corrected chi connectivity index (χ2v) is 10.4. The van der Waals surface area contributed by atoms with Gasteiger partial charge in [0, 0.05) is 23.5 Å². The molecule has 0 spiro atoms. The molecule has 2 heterocycles. The van der Waals surface area contributed by atoms with Crippen LogP contribution >= 0.6 is 11.3 Å². The fourth-order valence-corrected chi connectivity index (χ4v) is 5.87. The molecule has 188 valence electrons. The van der Waals surface area contributed by atoms with Crippen LogP contribution in [0.25, 0.3) is 0 Å². The number of nitrogens with zero attached hydrogens (tertiary/aromatic N) is 2. The van der Waals surface area contributed by atoms with E-state index in [0.29, 0.717) is 18.7 Å². The van der Waals surface area contributed by atoms with E-state index in [1.807, 2.05) is 47.4 Å².